The lowest BCUT2D eigenvalue weighted by Crippen LogP contribution is -1.96. The molecule has 1 heterocycles. The summed E-state index contributed by atoms with van der Waals surface area (Å²) >= 11 is 0. The van der Waals surface area contributed by atoms with Gasteiger partial charge >= 0.3 is 0 Å². The van der Waals surface area contributed by atoms with Gasteiger partial charge in [-0.15, -0.1) is 0 Å². The van der Waals surface area contributed by atoms with E-state index < -0.39 is 5.95 Å². The van der Waals surface area contributed by atoms with Crippen LogP contribution in [-0.2, 0) is 6.42 Å². The molecular weight excluding hydrogens is 265 g/mol. The summed E-state index contributed by atoms with van der Waals surface area (Å²) in [6, 6.07) is 15.9. The minimum Gasteiger partial charge on any atom is -0.340 e. The summed E-state index contributed by atoms with van der Waals surface area (Å²) in [7, 11) is 0. The van der Waals surface area contributed by atoms with Crippen molar-refractivity contribution < 1.29 is 4.39 Å². The number of nitrogens with zero attached hydrogens (tertiary/aromatic N) is 2. The molecule has 0 unspecified atom stereocenters. The molecule has 0 saturated carbocycles. The quantitative estimate of drug-likeness (QED) is 0.564. The van der Waals surface area contributed by atoms with E-state index in [2.05, 4.69) is 51.7 Å². The van der Waals surface area contributed by atoms with Crippen molar-refractivity contribution in [1.82, 2.24) is 9.97 Å². The van der Waals surface area contributed by atoms with Crippen molar-refractivity contribution in [3.63, 3.8) is 0 Å². The number of nitrogens with one attached hydrogen (secondary N) is 1. The summed E-state index contributed by atoms with van der Waals surface area (Å²) in [5, 5.41) is 3.11. The highest BCUT2D eigenvalue weighted by atomic mass is 19.1. The third-order valence-electron chi connectivity index (χ3n) is 3.70. The van der Waals surface area contributed by atoms with Crippen LogP contribution in [0.4, 0.5) is 15.9 Å². The zero-order valence-corrected chi connectivity index (χ0v) is 11.2. The number of hydrogen-bond acceptors (Lipinski definition) is 3. The van der Waals surface area contributed by atoms with E-state index in [0.29, 0.717) is 5.82 Å². The molecule has 3 nitrogen and oxygen atoms in total. The highest BCUT2D eigenvalue weighted by Crippen LogP contribution is 2.37. The van der Waals surface area contributed by atoms with Crippen LogP contribution in [-0.4, -0.2) is 9.97 Å². The van der Waals surface area contributed by atoms with Crippen LogP contribution in [0, 0.1) is 5.95 Å². The molecule has 2 aromatic carbocycles. The normalized spacial score (nSPS) is 11.9. The number of fused-ring (bicyclic) bond motifs is 3. The molecule has 21 heavy (non-hydrogen) atoms. The monoisotopic (exact) mass is 277 g/mol. The van der Waals surface area contributed by atoms with E-state index in [1.165, 1.54) is 34.6 Å². The van der Waals surface area contributed by atoms with Crippen molar-refractivity contribution in [2.45, 2.75) is 6.42 Å². The molecule has 0 atom stereocenters. The lowest BCUT2D eigenvalue weighted by atomic mass is 10.1. The molecule has 0 bridgehead atoms. The Hall–Kier alpha value is -2.75. The largest absolute Gasteiger partial charge is 0.340 e. The van der Waals surface area contributed by atoms with Gasteiger partial charge < -0.3 is 5.32 Å². The summed E-state index contributed by atoms with van der Waals surface area (Å²) < 4.78 is 13.1. The molecule has 3 aromatic rings. The molecule has 0 amide bonds. The fraction of sp³-hybridized carbons (Fsp3) is 0.0588. The molecule has 0 spiro atoms. The lowest BCUT2D eigenvalue weighted by Gasteiger charge is -2.07. The Morgan fingerprint density at radius 3 is 2.67 bits per heavy atom. The van der Waals surface area contributed by atoms with Gasteiger partial charge in [-0.3, -0.25) is 0 Å². The number of halogens is 1. The minimum atomic E-state index is -0.541. The Balaban J connectivity index is 1.67. The van der Waals surface area contributed by atoms with Gasteiger partial charge in [0, 0.05) is 11.8 Å². The number of benzene rings is 2. The van der Waals surface area contributed by atoms with Crippen LogP contribution in [0.25, 0.3) is 11.1 Å². The second kappa shape index (κ2) is 4.66. The topological polar surface area (TPSA) is 37.8 Å². The van der Waals surface area contributed by atoms with Gasteiger partial charge in [0.25, 0.3) is 0 Å². The second-order valence-electron chi connectivity index (χ2n) is 5.06. The van der Waals surface area contributed by atoms with Gasteiger partial charge in [0.1, 0.15) is 12.1 Å². The third-order valence-corrected chi connectivity index (χ3v) is 3.70. The minimum absolute atomic E-state index is 0.456. The molecule has 1 aromatic heterocycles. The van der Waals surface area contributed by atoms with Crippen LogP contribution in [0.15, 0.2) is 54.9 Å². The van der Waals surface area contributed by atoms with E-state index in [-0.39, 0.29) is 0 Å². The number of anilines is 2. The Morgan fingerprint density at radius 2 is 1.76 bits per heavy atom. The number of rotatable bonds is 2. The summed E-state index contributed by atoms with van der Waals surface area (Å²) in [5.41, 5.74) is 6.09. The number of aromatic nitrogens is 2. The van der Waals surface area contributed by atoms with Crippen molar-refractivity contribution >= 4 is 11.5 Å². The molecule has 1 aliphatic carbocycles. The van der Waals surface area contributed by atoms with Crippen molar-refractivity contribution in [2.24, 2.45) is 0 Å². The Morgan fingerprint density at radius 1 is 0.905 bits per heavy atom. The first-order valence-electron chi connectivity index (χ1n) is 6.75. The van der Waals surface area contributed by atoms with Crippen LogP contribution in [0.2, 0.25) is 0 Å². The fourth-order valence-electron chi connectivity index (χ4n) is 2.77. The predicted molar refractivity (Wildman–Crippen MR) is 80.0 cm³/mol. The van der Waals surface area contributed by atoms with Crippen LogP contribution >= 0.6 is 0 Å². The van der Waals surface area contributed by atoms with Crippen molar-refractivity contribution in [3.05, 3.63) is 71.9 Å². The molecule has 0 radical (unpaired) electrons. The highest BCUT2D eigenvalue weighted by molar-refractivity contribution is 5.79. The van der Waals surface area contributed by atoms with E-state index >= 15 is 0 Å². The predicted octanol–water partition coefficient (Wildman–Crippen LogP) is 3.93. The SMILES string of the molecule is Fc1cc(Nc2ccc3c(c2)Cc2ccccc2-3)ncn1. The average Bonchev–Trinajstić information content (AvgIpc) is 2.85. The van der Waals surface area contributed by atoms with Gasteiger partial charge in [-0.1, -0.05) is 30.3 Å². The fourth-order valence-corrected chi connectivity index (χ4v) is 2.77. The molecule has 1 aliphatic rings. The summed E-state index contributed by atoms with van der Waals surface area (Å²) in [6.45, 7) is 0. The highest BCUT2D eigenvalue weighted by Gasteiger charge is 2.17. The van der Waals surface area contributed by atoms with Gasteiger partial charge in [0.15, 0.2) is 0 Å². The molecule has 4 heteroatoms. The van der Waals surface area contributed by atoms with E-state index in [9.17, 15) is 4.39 Å². The van der Waals surface area contributed by atoms with Gasteiger partial charge in [0.05, 0.1) is 0 Å². The van der Waals surface area contributed by atoms with Gasteiger partial charge in [-0.2, -0.15) is 4.39 Å². The number of hydrogen-bond donors (Lipinski definition) is 1. The van der Waals surface area contributed by atoms with Gasteiger partial charge in [0.2, 0.25) is 5.95 Å². The van der Waals surface area contributed by atoms with Crippen LogP contribution in [0.1, 0.15) is 11.1 Å². The Kier molecular flexibility index (Phi) is 2.67. The first-order valence-corrected chi connectivity index (χ1v) is 6.75. The van der Waals surface area contributed by atoms with E-state index in [1.807, 2.05) is 6.07 Å². The molecule has 0 fully saturated rings. The van der Waals surface area contributed by atoms with Crippen LogP contribution in [0.3, 0.4) is 0 Å². The van der Waals surface area contributed by atoms with E-state index in [1.54, 1.807) is 0 Å². The lowest BCUT2D eigenvalue weighted by molar-refractivity contribution is 0.580. The smallest absolute Gasteiger partial charge is 0.218 e. The average molecular weight is 277 g/mol. The molecule has 102 valence electrons. The third kappa shape index (κ3) is 2.14. The molecule has 1 N–H and O–H groups in total. The second-order valence-corrected chi connectivity index (χ2v) is 5.06. The van der Waals surface area contributed by atoms with E-state index in [4.69, 9.17) is 0 Å². The summed E-state index contributed by atoms with van der Waals surface area (Å²) in [5.74, 6) is -0.0842. The maximum absolute atomic E-state index is 13.1. The van der Waals surface area contributed by atoms with Crippen molar-refractivity contribution in [1.29, 1.82) is 0 Å². The summed E-state index contributed by atoms with van der Waals surface area (Å²) in [6.07, 6.45) is 2.14. The zero-order valence-electron chi connectivity index (χ0n) is 11.2. The molecule has 4 rings (SSSR count). The van der Waals surface area contributed by atoms with Crippen molar-refractivity contribution in [3.8, 4) is 11.1 Å². The van der Waals surface area contributed by atoms with E-state index in [0.717, 1.165) is 12.1 Å². The van der Waals surface area contributed by atoms with Gasteiger partial charge in [-0.05, 0) is 40.8 Å². The Bertz CT molecular complexity index is 830. The molecule has 0 saturated heterocycles. The van der Waals surface area contributed by atoms with Crippen LogP contribution < -0.4 is 5.32 Å². The summed E-state index contributed by atoms with van der Waals surface area (Å²) in [4.78, 5) is 7.45. The maximum atomic E-state index is 13.1. The standard InChI is InChI=1S/C17H12FN3/c18-16-9-17(20-10-19-16)21-13-5-6-15-12(8-13)7-11-3-1-2-4-14(11)15/h1-6,8-10H,7H2,(H,19,20,21). The maximum Gasteiger partial charge on any atom is 0.218 e. The van der Waals surface area contributed by atoms with Crippen LogP contribution in [0.5, 0.6) is 0 Å². The molecule has 0 aliphatic heterocycles. The first-order chi connectivity index (χ1) is 10.3. The van der Waals surface area contributed by atoms with Gasteiger partial charge in [-0.25, -0.2) is 9.97 Å². The zero-order chi connectivity index (χ0) is 14.2. The van der Waals surface area contributed by atoms with Crippen molar-refractivity contribution in [2.75, 3.05) is 5.32 Å². The Labute approximate surface area is 121 Å². The first kappa shape index (κ1) is 12.0. The molecular formula is C17H12FN3.